The monoisotopic (exact) mass is 418 g/mol. The molecule has 29 heavy (non-hydrogen) atoms. The maximum absolute atomic E-state index is 14.9. The van der Waals surface area contributed by atoms with Crippen molar-refractivity contribution in [2.75, 3.05) is 31.1 Å². The van der Waals surface area contributed by atoms with E-state index in [1.165, 1.54) is 4.88 Å². The van der Waals surface area contributed by atoms with Crippen molar-refractivity contribution < 1.29 is 4.39 Å². The smallest absolute Gasteiger partial charge is 0.155 e. The zero-order valence-electron chi connectivity index (χ0n) is 17.7. The fourth-order valence-electron chi connectivity index (χ4n) is 3.88. The van der Waals surface area contributed by atoms with E-state index in [1.807, 2.05) is 12.3 Å². The summed E-state index contributed by atoms with van der Waals surface area (Å²) in [6.07, 6.45) is 2.74. The van der Waals surface area contributed by atoms with Gasteiger partial charge in [-0.1, -0.05) is 13.8 Å². The van der Waals surface area contributed by atoms with Gasteiger partial charge in [0.2, 0.25) is 0 Å². The Hall–Kier alpha value is -2.19. The fourth-order valence-corrected chi connectivity index (χ4v) is 4.74. The van der Waals surface area contributed by atoms with E-state index in [2.05, 4.69) is 47.6 Å². The van der Waals surface area contributed by atoms with E-state index in [1.54, 1.807) is 17.4 Å². The number of nitrogens with zero attached hydrogens (tertiary/aromatic N) is 4. The predicted molar refractivity (Wildman–Crippen MR) is 119 cm³/mol. The highest BCUT2D eigenvalue weighted by Crippen LogP contribution is 2.30. The number of benzene rings is 1. The first-order valence-corrected chi connectivity index (χ1v) is 10.9. The molecule has 2 heterocycles. The lowest BCUT2D eigenvalue weighted by Crippen LogP contribution is -2.47. The topological polar surface area (TPSA) is 83.8 Å². The molecule has 158 valence electrons. The highest BCUT2D eigenvalue weighted by atomic mass is 32.1. The minimum atomic E-state index is -0.362. The van der Waals surface area contributed by atoms with E-state index < -0.39 is 0 Å². The Morgan fingerprint density at radius 3 is 2.48 bits per heavy atom. The second kappa shape index (κ2) is 9.09. The van der Waals surface area contributed by atoms with E-state index in [0.29, 0.717) is 11.5 Å². The molecule has 1 fully saturated rings. The number of halogens is 1. The van der Waals surface area contributed by atoms with Gasteiger partial charge in [-0.2, -0.15) is 5.10 Å². The molecule has 1 aromatic heterocycles. The Morgan fingerprint density at radius 2 is 1.93 bits per heavy atom. The average molecular weight is 419 g/mol. The SMILES string of the molecule is Cc1cnc(C(C)N2CCN(c3cc(CC(C)C)cc(F)c3/C(N)=N/N)CC2)s1. The summed E-state index contributed by atoms with van der Waals surface area (Å²) in [6.45, 7) is 11.8. The van der Waals surface area contributed by atoms with Crippen LogP contribution < -0.4 is 16.5 Å². The molecule has 1 atom stereocenters. The molecule has 1 unspecified atom stereocenters. The summed E-state index contributed by atoms with van der Waals surface area (Å²) in [6, 6.07) is 3.87. The molecule has 8 heteroatoms. The third-order valence-corrected chi connectivity index (χ3v) is 6.45. The second-order valence-corrected chi connectivity index (χ2v) is 9.36. The Kier molecular flexibility index (Phi) is 6.74. The molecule has 0 bridgehead atoms. The first-order valence-electron chi connectivity index (χ1n) is 10.1. The van der Waals surface area contributed by atoms with Crippen LogP contribution in [0.5, 0.6) is 0 Å². The third kappa shape index (κ3) is 4.87. The number of aryl methyl sites for hydroxylation is 1. The number of hydrogen-bond acceptors (Lipinski definition) is 6. The van der Waals surface area contributed by atoms with Gasteiger partial charge in [0.25, 0.3) is 0 Å². The van der Waals surface area contributed by atoms with Crippen molar-refractivity contribution in [1.82, 2.24) is 9.88 Å². The molecule has 0 radical (unpaired) electrons. The van der Waals surface area contributed by atoms with Crippen molar-refractivity contribution >= 4 is 22.9 Å². The van der Waals surface area contributed by atoms with Crippen LogP contribution in [0.15, 0.2) is 23.4 Å². The standard InChI is InChI=1S/C21H31FN6S/c1-13(2)9-16-10-17(22)19(20(23)26-24)18(11-16)28-7-5-27(6-8-28)15(4)21-25-12-14(3)29-21/h10-13,15H,5-9,24H2,1-4H3,(H2,23,26). The first kappa shape index (κ1) is 21.5. The number of hydrazone groups is 1. The van der Waals surface area contributed by atoms with Crippen LogP contribution in [-0.2, 0) is 6.42 Å². The van der Waals surface area contributed by atoms with Crippen molar-refractivity contribution in [3.8, 4) is 0 Å². The van der Waals surface area contributed by atoms with Gasteiger partial charge in [0.05, 0.1) is 17.3 Å². The molecule has 2 aromatic rings. The normalized spacial score (nSPS) is 17.2. The van der Waals surface area contributed by atoms with E-state index in [-0.39, 0.29) is 17.7 Å². The minimum absolute atomic E-state index is 0.0302. The summed E-state index contributed by atoms with van der Waals surface area (Å²) in [7, 11) is 0. The number of anilines is 1. The van der Waals surface area contributed by atoms with Crippen LogP contribution in [0.25, 0.3) is 0 Å². The summed E-state index contributed by atoms with van der Waals surface area (Å²) in [5, 5.41) is 4.70. The molecule has 3 rings (SSSR count). The number of thiazole rings is 1. The Balaban J connectivity index is 1.82. The van der Waals surface area contributed by atoms with Crippen LogP contribution in [0.2, 0.25) is 0 Å². The molecule has 0 saturated carbocycles. The Labute approximate surface area is 176 Å². The number of hydrogen-bond donors (Lipinski definition) is 2. The van der Waals surface area contributed by atoms with Crippen LogP contribution in [0.3, 0.4) is 0 Å². The highest BCUT2D eigenvalue weighted by Gasteiger charge is 2.27. The van der Waals surface area contributed by atoms with Crippen molar-refractivity contribution in [1.29, 1.82) is 0 Å². The van der Waals surface area contributed by atoms with Crippen LogP contribution in [0.1, 0.15) is 47.8 Å². The summed E-state index contributed by atoms with van der Waals surface area (Å²) in [5.41, 5.74) is 8.00. The van der Waals surface area contributed by atoms with Crippen LogP contribution >= 0.6 is 11.3 Å². The zero-order chi connectivity index (χ0) is 21.1. The van der Waals surface area contributed by atoms with Crippen LogP contribution in [0, 0.1) is 18.7 Å². The van der Waals surface area contributed by atoms with Gasteiger partial charge in [-0.05, 0) is 43.9 Å². The van der Waals surface area contributed by atoms with Gasteiger partial charge in [0, 0.05) is 37.3 Å². The maximum atomic E-state index is 14.9. The van der Waals surface area contributed by atoms with E-state index in [0.717, 1.165) is 48.9 Å². The number of nitrogens with two attached hydrogens (primary N) is 2. The summed E-state index contributed by atoms with van der Waals surface area (Å²) in [4.78, 5) is 10.4. The van der Waals surface area contributed by atoms with Crippen molar-refractivity contribution in [2.45, 2.75) is 40.2 Å². The first-order chi connectivity index (χ1) is 13.8. The summed E-state index contributed by atoms with van der Waals surface area (Å²) < 4.78 is 14.9. The minimum Gasteiger partial charge on any atom is -0.382 e. The number of amidine groups is 1. The van der Waals surface area contributed by atoms with Gasteiger partial charge in [0.1, 0.15) is 10.8 Å². The third-order valence-electron chi connectivity index (χ3n) is 5.37. The van der Waals surface area contributed by atoms with E-state index >= 15 is 0 Å². The van der Waals surface area contributed by atoms with Crippen LogP contribution in [-0.4, -0.2) is 41.9 Å². The number of rotatable bonds is 6. The summed E-state index contributed by atoms with van der Waals surface area (Å²) in [5.74, 6) is 5.49. The van der Waals surface area contributed by atoms with Gasteiger partial charge in [-0.25, -0.2) is 9.37 Å². The highest BCUT2D eigenvalue weighted by molar-refractivity contribution is 7.11. The Morgan fingerprint density at radius 1 is 1.24 bits per heavy atom. The molecule has 0 amide bonds. The average Bonchev–Trinajstić information content (AvgIpc) is 3.12. The molecule has 6 nitrogen and oxygen atoms in total. The van der Waals surface area contributed by atoms with Gasteiger partial charge in [0.15, 0.2) is 5.84 Å². The largest absolute Gasteiger partial charge is 0.382 e. The predicted octanol–water partition coefficient (Wildman–Crippen LogP) is 3.25. The van der Waals surface area contributed by atoms with Crippen molar-refractivity contribution in [3.05, 3.63) is 45.2 Å². The molecule has 1 aromatic carbocycles. The molecule has 0 aliphatic carbocycles. The molecule has 1 aliphatic heterocycles. The fraction of sp³-hybridized carbons (Fsp3) is 0.524. The number of aromatic nitrogens is 1. The Bertz CT molecular complexity index is 870. The van der Waals surface area contributed by atoms with Gasteiger partial charge >= 0.3 is 0 Å². The molecular weight excluding hydrogens is 387 g/mol. The second-order valence-electron chi connectivity index (χ2n) is 8.09. The van der Waals surface area contributed by atoms with E-state index in [4.69, 9.17) is 11.6 Å². The summed E-state index contributed by atoms with van der Waals surface area (Å²) >= 11 is 1.74. The molecule has 1 saturated heterocycles. The molecule has 1 aliphatic rings. The maximum Gasteiger partial charge on any atom is 0.155 e. The van der Waals surface area contributed by atoms with E-state index in [9.17, 15) is 4.39 Å². The number of piperazine rings is 1. The van der Waals surface area contributed by atoms with Gasteiger partial charge in [-0.3, -0.25) is 4.90 Å². The zero-order valence-corrected chi connectivity index (χ0v) is 18.5. The van der Waals surface area contributed by atoms with Gasteiger partial charge < -0.3 is 16.5 Å². The lowest BCUT2D eigenvalue weighted by molar-refractivity contribution is 0.198. The lowest BCUT2D eigenvalue weighted by atomic mass is 9.98. The lowest BCUT2D eigenvalue weighted by Gasteiger charge is -2.39. The van der Waals surface area contributed by atoms with Gasteiger partial charge in [-0.15, -0.1) is 11.3 Å². The van der Waals surface area contributed by atoms with Crippen molar-refractivity contribution in [3.63, 3.8) is 0 Å². The van der Waals surface area contributed by atoms with Crippen LogP contribution in [0.4, 0.5) is 10.1 Å². The quantitative estimate of drug-likeness (QED) is 0.326. The van der Waals surface area contributed by atoms with Crippen molar-refractivity contribution in [2.24, 2.45) is 22.6 Å². The molecular formula is C21H31FN6S. The molecule has 0 spiro atoms. The molecule has 4 N–H and O–H groups in total.